The van der Waals surface area contributed by atoms with Gasteiger partial charge in [-0.2, -0.15) is 0 Å². The summed E-state index contributed by atoms with van der Waals surface area (Å²) in [6.07, 6.45) is 0.753. The quantitative estimate of drug-likeness (QED) is 0.878. The summed E-state index contributed by atoms with van der Waals surface area (Å²) >= 11 is 0. The third-order valence-corrected chi connectivity index (χ3v) is 4.21. The lowest BCUT2D eigenvalue weighted by molar-refractivity contribution is -0.131. The molecule has 0 radical (unpaired) electrons. The van der Waals surface area contributed by atoms with Crippen LogP contribution in [0.15, 0.2) is 24.3 Å². The first kappa shape index (κ1) is 17.3. The highest BCUT2D eigenvalue weighted by molar-refractivity contribution is 6.07. The summed E-state index contributed by atoms with van der Waals surface area (Å²) in [5, 5.41) is 3.32. The number of benzene rings is 1. The van der Waals surface area contributed by atoms with Crippen LogP contribution < -0.4 is 10.2 Å². The maximum Gasteiger partial charge on any atom is 0.250 e. The Morgan fingerprint density at radius 2 is 1.91 bits per heavy atom. The fourth-order valence-corrected chi connectivity index (χ4v) is 2.99. The molecular formula is C18H27N3O2. The standard InChI is InChI=1S/C18H27N3O2/c1-5-20(6-2)17(22)12-21-16-10-8-7-9-14(16)19-15(18(21)23)11-13(3)4/h7-10,13,15,19H,5-6,11-12H2,1-4H3. The van der Waals surface area contributed by atoms with E-state index in [1.807, 2.05) is 38.1 Å². The van der Waals surface area contributed by atoms with Crippen LogP contribution in [0.5, 0.6) is 0 Å². The molecule has 0 saturated heterocycles. The molecule has 1 unspecified atom stereocenters. The Labute approximate surface area is 138 Å². The van der Waals surface area contributed by atoms with Crippen LogP contribution >= 0.6 is 0 Å². The Kier molecular flexibility index (Phi) is 5.64. The van der Waals surface area contributed by atoms with Crippen molar-refractivity contribution in [3.63, 3.8) is 0 Å². The Hall–Kier alpha value is -2.04. The monoisotopic (exact) mass is 317 g/mol. The van der Waals surface area contributed by atoms with Crippen molar-refractivity contribution in [2.24, 2.45) is 5.92 Å². The fourth-order valence-electron chi connectivity index (χ4n) is 2.99. The lowest BCUT2D eigenvalue weighted by Crippen LogP contribution is -2.51. The van der Waals surface area contributed by atoms with Crippen molar-refractivity contribution in [1.82, 2.24) is 4.90 Å². The molecule has 1 aromatic rings. The van der Waals surface area contributed by atoms with Crippen LogP contribution in [0.25, 0.3) is 0 Å². The predicted octanol–water partition coefficient (Wildman–Crippen LogP) is 2.73. The minimum absolute atomic E-state index is 0.0108. The van der Waals surface area contributed by atoms with Gasteiger partial charge >= 0.3 is 0 Å². The van der Waals surface area contributed by atoms with Gasteiger partial charge in [0.1, 0.15) is 12.6 Å². The van der Waals surface area contributed by atoms with Crippen molar-refractivity contribution in [2.45, 2.75) is 40.2 Å². The highest BCUT2D eigenvalue weighted by atomic mass is 16.2. The van der Waals surface area contributed by atoms with E-state index in [0.717, 1.165) is 17.8 Å². The molecule has 0 fully saturated rings. The number of anilines is 2. The van der Waals surface area contributed by atoms with Gasteiger partial charge in [0.2, 0.25) is 11.8 Å². The van der Waals surface area contributed by atoms with Gasteiger partial charge in [-0.15, -0.1) is 0 Å². The molecule has 1 aliphatic rings. The number of para-hydroxylation sites is 2. The minimum Gasteiger partial charge on any atom is -0.372 e. The van der Waals surface area contributed by atoms with E-state index in [1.54, 1.807) is 9.80 Å². The molecule has 2 amide bonds. The molecule has 1 atom stereocenters. The van der Waals surface area contributed by atoms with Crippen LogP contribution in [-0.4, -0.2) is 42.4 Å². The number of nitrogens with one attached hydrogen (secondary N) is 1. The summed E-state index contributed by atoms with van der Waals surface area (Å²) in [5.74, 6) is 0.378. The number of hydrogen-bond acceptors (Lipinski definition) is 3. The number of carbonyl (C=O) groups excluding carboxylic acids is 2. The molecule has 0 aromatic heterocycles. The van der Waals surface area contributed by atoms with Gasteiger partial charge < -0.3 is 10.2 Å². The average Bonchev–Trinajstić information content (AvgIpc) is 2.52. The zero-order valence-corrected chi connectivity index (χ0v) is 14.5. The van der Waals surface area contributed by atoms with Crippen molar-refractivity contribution in [2.75, 3.05) is 29.9 Å². The van der Waals surface area contributed by atoms with E-state index in [9.17, 15) is 9.59 Å². The molecule has 0 saturated carbocycles. The molecule has 0 bridgehead atoms. The fraction of sp³-hybridized carbons (Fsp3) is 0.556. The van der Waals surface area contributed by atoms with Crippen molar-refractivity contribution in [1.29, 1.82) is 0 Å². The molecule has 23 heavy (non-hydrogen) atoms. The van der Waals surface area contributed by atoms with E-state index < -0.39 is 0 Å². The zero-order chi connectivity index (χ0) is 17.0. The van der Waals surface area contributed by atoms with E-state index in [0.29, 0.717) is 19.0 Å². The normalized spacial score (nSPS) is 17.0. The molecule has 0 spiro atoms. The summed E-state index contributed by atoms with van der Waals surface area (Å²) in [5.41, 5.74) is 1.71. The largest absolute Gasteiger partial charge is 0.372 e. The van der Waals surface area contributed by atoms with Gasteiger partial charge in [0.25, 0.3) is 0 Å². The van der Waals surface area contributed by atoms with Crippen LogP contribution in [0, 0.1) is 5.92 Å². The molecule has 2 rings (SSSR count). The van der Waals surface area contributed by atoms with Crippen molar-refractivity contribution >= 4 is 23.2 Å². The number of likely N-dealkylation sites (N-methyl/N-ethyl adjacent to an activating group) is 1. The molecule has 1 aliphatic heterocycles. The lowest BCUT2D eigenvalue weighted by Gasteiger charge is -2.36. The summed E-state index contributed by atoms with van der Waals surface area (Å²) in [6.45, 7) is 9.53. The number of fused-ring (bicyclic) bond motifs is 1. The lowest BCUT2D eigenvalue weighted by atomic mass is 9.99. The predicted molar refractivity (Wildman–Crippen MR) is 93.6 cm³/mol. The summed E-state index contributed by atoms with van der Waals surface area (Å²) in [6, 6.07) is 7.42. The van der Waals surface area contributed by atoms with Crippen LogP contribution in [-0.2, 0) is 9.59 Å². The smallest absolute Gasteiger partial charge is 0.250 e. The molecule has 5 heteroatoms. The third-order valence-electron chi connectivity index (χ3n) is 4.21. The first-order valence-corrected chi connectivity index (χ1v) is 8.42. The molecule has 0 aliphatic carbocycles. The van der Waals surface area contributed by atoms with Crippen molar-refractivity contribution in [3.05, 3.63) is 24.3 Å². The number of hydrogen-bond donors (Lipinski definition) is 1. The van der Waals surface area contributed by atoms with E-state index in [4.69, 9.17) is 0 Å². The summed E-state index contributed by atoms with van der Waals surface area (Å²) < 4.78 is 0. The Balaban J connectivity index is 2.28. The van der Waals surface area contributed by atoms with Gasteiger partial charge in [-0.3, -0.25) is 14.5 Å². The summed E-state index contributed by atoms with van der Waals surface area (Å²) in [4.78, 5) is 28.7. The maximum absolute atomic E-state index is 12.9. The van der Waals surface area contributed by atoms with Crippen molar-refractivity contribution < 1.29 is 9.59 Å². The van der Waals surface area contributed by atoms with Crippen LogP contribution in [0.2, 0.25) is 0 Å². The molecule has 1 N–H and O–H groups in total. The Morgan fingerprint density at radius 1 is 1.26 bits per heavy atom. The Morgan fingerprint density at radius 3 is 2.52 bits per heavy atom. The Bertz CT molecular complexity index is 567. The first-order chi connectivity index (χ1) is 11.0. The van der Waals surface area contributed by atoms with Gasteiger partial charge in [0.05, 0.1) is 11.4 Å². The SMILES string of the molecule is CCN(CC)C(=O)CN1C(=O)C(CC(C)C)Nc2ccccc21. The summed E-state index contributed by atoms with van der Waals surface area (Å²) in [7, 11) is 0. The minimum atomic E-state index is -0.269. The highest BCUT2D eigenvalue weighted by Gasteiger charge is 2.34. The van der Waals surface area contributed by atoms with Gasteiger partial charge in [0.15, 0.2) is 0 Å². The van der Waals surface area contributed by atoms with Gasteiger partial charge in [-0.25, -0.2) is 0 Å². The van der Waals surface area contributed by atoms with E-state index in [2.05, 4.69) is 19.2 Å². The van der Waals surface area contributed by atoms with Crippen LogP contribution in [0.1, 0.15) is 34.1 Å². The second-order valence-electron chi connectivity index (χ2n) is 6.33. The number of nitrogens with zero attached hydrogens (tertiary/aromatic N) is 2. The molecule has 1 aromatic carbocycles. The molecule has 1 heterocycles. The number of rotatable bonds is 6. The van der Waals surface area contributed by atoms with Crippen LogP contribution in [0.3, 0.4) is 0 Å². The third kappa shape index (κ3) is 3.84. The second-order valence-corrected chi connectivity index (χ2v) is 6.33. The second kappa shape index (κ2) is 7.49. The molecule has 126 valence electrons. The number of amides is 2. The number of carbonyl (C=O) groups is 2. The average molecular weight is 317 g/mol. The highest BCUT2D eigenvalue weighted by Crippen LogP contribution is 2.32. The van der Waals surface area contributed by atoms with Gasteiger partial charge in [0, 0.05) is 13.1 Å². The molecule has 5 nitrogen and oxygen atoms in total. The zero-order valence-electron chi connectivity index (χ0n) is 14.5. The van der Waals surface area contributed by atoms with Crippen molar-refractivity contribution in [3.8, 4) is 0 Å². The van der Waals surface area contributed by atoms with Crippen LogP contribution in [0.4, 0.5) is 11.4 Å². The van der Waals surface area contributed by atoms with E-state index in [-0.39, 0.29) is 24.4 Å². The van der Waals surface area contributed by atoms with Gasteiger partial charge in [-0.05, 0) is 38.3 Å². The van der Waals surface area contributed by atoms with E-state index in [1.165, 1.54) is 0 Å². The topological polar surface area (TPSA) is 52.7 Å². The van der Waals surface area contributed by atoms with E-state index >= 15 is 0 Å². The first-order valence-electron chi connectivity index (χ1n) is 8.42. The molecular weight excluding hydrogens is 290 g/mol. The maximum atomic E-state index is 12.9. The van der Waals surface area contributed by atoms with Gasteiger partial charge in [-0.1, -0.05) is 26.0 Å².